The van der Waals surface area contributed by atoms with Crippen molar-refractivity contribution in [1.82, 2.24) is 14.5 Å². The lowest BCUT2D eigenvalue weighted by Gasteiger charge is -2.16. The van der Waals surface area contributed by atoms with E-state index in [-0.39, 0.29) is 0 Å². The van der Waals surface area contributed by atoms with Crippen LogP contribution in [0.15, 0.2) is 164 Å². The van der Waals surface area contributed by atoms with Gasteiger partial charge in [0, 0.05) is 53.3 Å². The Balaban J connectivity index is 1.27. The largest absolute Gasteiger partial charge is 0.309 e. The van der Waals surface area contributed by atoms with Gasteiger partial charge in [-0.2, -0.15) is 0 Å². The molecule has 0 saturated heterocycles. The van der Waals surface area contributed by atoms with E-state index in [0.717, 1.165) is 39.3 Å². The van der Waals surface area contributed by atoms with E-state index in [4.69, 9.17) is 9.97 Å². The second kappa shape index (κ2) is 10.7. The molecule has 0 amide bonds. The molecule has 0 bridgehead atoms. The molecule has 3 heterocycles. The maximum absolute atomic E-state index is 4.87. The summed E-state index contributed by atoms with van der Waals surface area (Å²) >= 11 is 1.87. The van der Waals surface area contributed by atoms with Crippen molar-refractivity contribution >= 4 is 64.1 Å². The van der Waals surface area contributed by atoms with Crippen LogP contribution in [0.1, 0.15) is 0 Å². The van der Waals surface area contributed by atoms with E-state index in [1.165, 1.54) is 52.8 Å². The fourth-order valence-corrected chi connectivity index (χ4v) is 8.50. The van der Waals surface area contributed by atoms with E-state index in [0.29, 0.717) is 0 Å². The van der Waals surface area contributed by atoms with Gasteiger partial charge in [-0.3, -0.25) is 0 Å². The summed E-state index contributed by atoms with van der Waals surface area (Å²) in [4.78, 5) is 9.74. The first kappa shape index (κ1) is 27.1. The zero-order chi connectivity index (χ0) is 31.6. The summed E-state index contributed by atoms with van der Waals surface area (Å²) in [7, 11) is 0. The summed E-state index contributed by atoms with van der Waals surface area (Å²) in [6, 6.07) is 56.6. The van der Waals surface area contributed by atoms with Gasteiger partial charge in [0.15, 0.2) is 0 Å². The molecule has 224 valence electrons. The van der Waals surface area contributed by atoms with Gasteiger partial charge in [-0.25, -0.2) is 9.97 Å². The first-order chi connectivity index (χ1) is 23.8. The quantitative estimate of drug-likeness (QED) is 0.194. The summed E-state index contributed by atoms with van der Waals surface area (Å²) in [5, 5.41) is 7.69. The minimum absolute atomic E-state index is 0.918. The highest BCUT2D eigenvalue weighted by molar-refractivity contribution is 7.26. The molecule has 0 saturated carbocycles. The number of hydrogen-bond donors (Lipinski definition) is 0. The van der Waals surface area contributed by atoms with E-state index < -0.39 is 0 Å². The Morgan fingerprint density at radius 3 is 1.88 bits per heavy atom. The molecule has 0 radical (unpaired) electrons. The molecule has 0 aliphatic carbocycles. The standard InChI is InChI=1S/C44H27N3S/c1-3-12-28(13-4-1)43-41(44(46-27-45-43)29-14-5-2-6-15-29)31-16-11-17-32(24-31)47-37-20-9-7-18-33(37)36-25-30-22-23-40-42(35(30)26-38(36)47)34-19-8-10-21-39(34)48-40/h1-27H. The van der Waals surface area contributed by atoms with Crippen LogP contribution in [-0.4, -0.2) is 14.5 Å². The molecule has 0 N–H and O–H groups in total. The van der Waals surface area contributed by atoms with Crippen LogP contribution < -0.4 is 0 Å². The average Bonchev–Trinajstić information content (AvgIpc) is 3.70. The highest BCUT2D eigenvalue weighted by Gasteiger charge is 2.20. The maximum atomic E-state index is 4.87. The second-order valence-electron chi connectivity index (χ2n) is 12.2. The number of benzene rings is 7. The summed E-state index contributed by atoms with van der Waals surface area (Å²) in [6.07, 6.45) is 1.69. The molecule has 3 nitrogen and oxygen atoms in total. The molecule has 0 spiro atoms. The molecule has 0 aliphatic heterocycles. The van der Waals surface area contributed by atoms with Gasteiger partial charge in [0.25, 0.3) is 0 Å². The van der Waals surface area contributed by atoms with E-state index in [1.807, 2.05) is 23.5 Å². The predicted molar refractivity (Wildman–Crippen MR) is 203 cm³/mol. The number of rotatable bonds is 4. The second-order valence-corrected chi connectivity index (χ2v) is 13.3. The van der Waals surface area contributed by atoms with Crippen LogP contribution in [-0.2, 0) is 0 Å². The first-order valence-corrected chi connectivity index (χ1v) is 17.0. The molecule has 0 atom stereocenters. The summed E-state index contributed by atoms with van der Waals surface area (Å²) in [5.41, 5.74) is 9.53. The molecule has 0 aliphatic rings. The van der Waals surface area contributed by atoms with Gasteiger partial charge < -0.3 is 4.57 Å². The highest BCUT2D eigenvalue weighted by atomic mass is 32.1. The summed E-state index contributed by atoms with van der Waals surface area (Å²) in [6.45, 7) is 0. The number of fused-ring (bicyclic) bond motifs is 8. The lowest BCUT2D eigenvalue weighted by atomic mass is 9.94. The fourth-order valence-electron chi connectivity index (χ4n) is 7.38. The smallest absolute Gasteiger partial charge is 0.116 e. The van der Waals surface area contributed by atoms with Gasteiger partial charge in [-0.15, -0.1) is 11.3 Å². The number of thiophene rings is 1. The van der Waals surface area contributed by atoms with Gasteiger partial charge in [0.2, 0.25) is 0 Å². The van der Waals surface area contributed by atoms with E-state index in [2.05, 4.69) is 150 Å². The van der Waals surface area contributed by atoms with Gasteiger partial charge in [0.1, 0.15) is 6.33 Å². The molecule has 7 aromatic carbocycles. The van der Waals surface area contributed by atoms with Crippen LogP contribution in [0, 0.1) is 0 Å². The van der Waals surface area contributed by atoms with Gasteiger partial charge in [-0.05, 0) is 58.8 Å². The van der Waals surface area contributed by atoms with Crippen molar-refractivity contribution < 1.29 is 0 Å². The molecule has 10 rings (SSSR count). The molecular weight excluding hydrogens is 603 g/mol. The van der Waals surface area contributed by atoms with E-state index >= 15 is 0 Å². The Kier molecular flexibility index (Phi) is 6.05. The lowest BCUT2D eigenvalue weighted by Crippen LogP contribution is -1.98. The third-order valence-corrected chi connectivity index (χ3v) is 10.6. The van der Waals surface area contributed by atoms with Crippen LogP contribution >= 0.6 is 11.3 Å². The van der Waals surface area contributed by atoms with Crippen LogP contribution in [0.2, 0.25) is 0 Å². The Labute approximate surface area is 281 Å². The number of para-hydroxylation sites is 1. The normalized spacial score (nSPS) is 11.8. The Morgan fingerprint density at radius 1 is 0.438 bits per heavy atom. The average molecular weight is 630 g/mol. The number of aromatic nitrogens is 3. The van der Waals surface area contributed by atoms with Crippen molar-refractivity contribution in [1.29, 1.82) is 0 Å². The number of hydrogen-bond acceptors (Lipinski definition) is 3. The van der Waals surface area contributed by atoms with Crippen molar-refractivity contribution in [2.45, 2.75) is 0 Å². The van der Waals surface area contributed by atoms with Crippen molar-refractivity contribution in [2.24, 2.45) is 0 Å². The molecular formula is C44H27N3S. The first-order valence-electron chi connectivity index (χ1n) is 16.2. The summed E-state index contributed by atoms with van der Waals surface area (Å²) < 4.78 is 5.07. The maximum Gasteiger partial charge on any atom is 0.116 e. The fraction of sp³-hybridized carbons (Fsp3) is 0. The topological polar surface area (TPSA) is 30.7 Å². The molecule has 0 unspecified atom stereocenters. The van der Waals surface area contributed by atoms with Crippen LogP contribution in [0.3, 0.4) is 0 Å². The van der Waals surface area contributed by atoms with Gasteiger partial charge in [-0.1, -0.05) is 115 Å². The minimum atomic E-state index is 0.918. The SMILES string of the molecule is c1ccc(-c2ncnc(-c3ccccc3)c2-c2cccc(-n3c4ccccc4c4cc5ccc6sc7ccccc7c6c5cc43)c2)cc1. The van der Waals surface area contributed by atoms with Crippen LogP contribution in [0.25, 0.3) is 92.1 Å². The zero-order valence-electron chi connectivity index (χ0n) is 25.8. The minimum Gasteiger partial charge on any atom is -0.309 e. The predicted octanol–water partition coefficient (Wildman–Crippen LogP) is 12.1. The van der Waals surface area contributed by atoms with Crippen molar-refractivity contribution in [3.05, 3.63) is 164 Å². The summed E-state index contributed by atoms with van der Waals surface area (Å²) in [5.74, 6) is 0. The molecule has 0 fully saturated rings. The van der Waals surface area contributed by atoms with Crippen LogP contribution in [0.4, 0.5) is 0 Å². The van der Waals surface area contributed by atoms with Crippen molar-refractivity contribution in [2.75, 3.05) is 0 Å². The van der Waals surface area contributed by atoms with Crippen molar-refractivity contribution in [3.8, 4) is 39.3 Å². The zero-order valence-corrected chi connectivity index (χ0v) is 26.7. The third-order valence-electron chi connectivity index (χ3n) is 9.48. The highest BCUT2D eigenvalue weighted by Crippen LogP contribution is 2.43. The Morgan fingerprint density at radius 2 is 1.10 bits per heavy atom. The Hall–Kier alpha value is -6.10. The van der Waals surface area contributed by atoms with Gasteiger partial charge in [0.05, 0.1) is 22.4 Å². The molecule has 48 heavy (non-hydrogen) atoms. The monoisotopic (exact) mass is 629 g/mol. The Bertz CT molecular complexity index is 2770. The van der Waals surface area contributed by atoms with E-state index in [1.54, 1.807) is 6.33 Å². The van der Waals surface area contributed by atoms with Crippen LogP contribution in [0.5, 0.6) is 0 Å². The van der Waals surface area contributed by atoms with Crippen molar-refractivity contribution in [3.63, 3.8) is 0 Å². The third kappa shape index (κ3) is 4.13. The molecule has 4 heteroatoms. The lowest BCUT2D eigenvalue weighted by molar-refractivity contribution is 1.17. The molecule has 3 aromatic heterocycles. The van der Waals surface area contributed by atoms with Gasteiger partial charge >= 0.3 is 0 Å². The van der Waals surface area contributed by atoms with E-state index in [9.17, 15) is 0 Å². The molecule has 10 aromatic rings. The number of nitrogens with zero attached hydrogens (tertiary/aromatic N) is 3.